The smallest absolute Gasteiger partial charge is 0.216 e. The van der Waals surface area contributed by atoms with Crippen LogP contribution in [0.4, 0.5) is 0 Å². The molecule has 0 N–H and O–H groups in total. The van der Waals surface area contributed by atoms with Crippen LogP contribution in [-0.4, -0.2) is 15.0 Å². The average Bonchev–Trinajstić information content (AvgIpc) is 3.43. The fraction of sp³-hybridized carbons (Fsp3) is 0.195. The molecule has 1 radical (unpaired) electrons. The molecule has 7 aromatic rings. The van der Waals surface area contributed by atoms with Crippen LogP contribution in [0.5, 0.6) is 0 Å². The Morgan fingerprint density at radius 2 is 1.54 bits per heavy atom. The maximum Gasteiger partial charge on any atom is 0.216 e. The van der Waals surface area contributed by atoms with Gasteiger partial charge in [-0.25, -0.2) is 4.98 Å². The molecule has 0 aliphatic carbocycles. The molecule has 0 fully saturated rings. The summed E-state index contributed by atoms with van der Waals surface area (Å²) in [5.41, 5.74) is 10.1. The Morgan fingerprint density at radius 1 is 0.761 bits per heavy atom. The maximum absolute atomic E-state index is 8.66. The zero-order chi connectivity index (χ0) is 33.3. The molecule has 233 valence electrons. The molecule has 0 spiro atoms. The number of fused-ring (bicyclic) bond motifs is 3. The minimum absolute atomic E-state index is 0. The molecular formula is C41H37IrN3O-2. The van der Waals surface area contributed by atoms with Gasteiger partial charge in [0.25, 0.3) is 0 Å². The summed E-state index contributed by atoms with van der Waals surface area (Å²) in [7, 11) is 0. The number of benzene rings is 3. The first-order chi connectivity index (χ1) is 22.4. The van der Waals surface area contributed by atoms with Crippen LogP contribution >= 0.6 is 0 Å². The van der Waals surface area contributed by atoms with Crippen molar-refractivity contribution in [2.24, 2.45) is 5.41 Å². The Labute approximate surface area is 288 Å². The molecule has 0 aliphatic heterocycles. The quantitative estimate of drug-likeness (QED) is 0.167. The topological polar surface area (TPSA) is 51.8 Å². The number of aromatic nitrogens is 3. The van der Waals surface area contributed by atoms with Gasteiger partial charge in [-0.15, -0.1) is 54.1 Å². The van der Waals surface area contributed by atoms with Gasteiger partial charge < -0.3 is 14.4 Å². The van der Waals surface area contributed by atoms with Gasteiger partial charge in [-0.05, 0) is 78.8 Å². The Balaban J connectivity index is 0.000000270. The summed E-state index contributed by atoms with van der Waals surface area (Å²) >= 11 is 0. The molecule has 3 aromatic carbocycles. The van der Waals surface area contributed by atoms with Gasteiger partial charge in [0.05, 0.1) is 11.3 Å². The number of rotatable bonds is 4. The van der Waals surface area contributed by atoms with Crippen LogP contribution in [-0.2, 0) is 26.5 Å². The average molecular weight is 782 g/mol. The molecular weight excluding hydrogens is 743 g/mol. The second-order valence-electron chi connectivity index (χ2n) is 12.3. The van der Waals surface area contributed by atoms with Gasteiger partial charge in [0.1, 0.15) is 0 Å². The van der Waals surface area contributed by atoms with E-state index in [1.807, 2.05) is 82.4 Å². The molecule has 4 heterocycles. The van der Waals surface area contributed by atoms with E-state index in [0.29, 0.717) is 28.1 Å². The van der Waals surface area contributed by atoms with Gasteiger partial charge in [-0.3, -0.25) is 0 Å². The summed E-state index contributed by atoms with van der Waals surface area (Å²) in [4.78, 5) is 13.7. The van der Waals surface area contributed by atoms with Crippen molar-refractivity contribution in [2.45, 2.75) is 47.9 Å². The number of pyridine rings is 3. The van der Waals surface area contributed by atoms with Crippen LogP contribution in [0.25, 0.3) is 55.8 Å². The van der Waals surface area contributed by atoms with Crippen molar-refractivity contribution in [2.75, 3.05) is 0 Å². The van der Waals surface area contributed by atoms with Crippen molar-refractivity contribution in [3.8, 4) is 33.8 Å². The van der Waals surface area contributed by atoms with E-state index in [2.05, 4.69) is 66.3 Å². The Hall–Kier alpha value is -4.44. The Morgan fingerprint density at radius 3 is 2.24 bits per heavy atom. The van der Waals surface area contributed by atoms with Crippen LogP contribution < -0.4 is 0 Å². The molecule has 0 aliphatic rings. The largest absolute Gasteiger partial charge is 0.486 e. The monoisotopic (exact) mass is 782 g/mol. The van der Waals surface area contributed by atoms with Crippen molar-refractivity contribution in [1.29, 1.82) is 0 Å². The van der Waals surface area contributed by atoms with E-state index in [9.17, 15) is 0 Å². The first-order valence-corrected chi connectivity index (χ1v) is 15.1. The molecule has 0 unspecified atom stereocenters. The number of nitrogens with zero attached hydrogens (tertiary/aromatic N) is 3. The zero-order valence-electron chi connectivity index (χ0n) is 28.9. The molecule has 5 heteroatoms. The van der Waals surface area contributed by atoms with Gasteiger partial charge in [0, 0.05) is 46.2 Å². The van der Waals surface area contributed by atoms with E-state index < -0.39 is 11.8 Å². The minimum Gasteiger partial charge on any atom is -0.486 e. The van der Waals surface area contributed by atoms with E-state index in [1.165, 1.54) is 16.7 Å². The van der Waals surface area contributed by atoms with E-state index in [0.717, 1.165) is 33.3 Å². The van der Waals surface area contributed by atoms with Crippen LogP contribution in [0.15, 0.2) is 108 Å². The molecule has 0 saturated heterocycles. The summed E-state index contributed by atoms with van der Waals surface area (Å²) in [5, 5.41) is 1.87. The van der Waals surface area contributed by atoms with Gasteiger partial charge in [0.15, 0.2) is 0 Å². The fourth-order valence-corrected chi connectivity index (χ4v) is 5.43. The van der Waals surface area contributed by atoms with Crippen molar-refractivity contribution in [1.82, 2.24) is 15.0 Å². The van der Waals surface area contributed by atoms with Gasteiger partial charge in [-0.2, -0.15) is 0 Å². The van der Waals surface area contributed by atoms with Gasteiger partial charge >= 0.3 is 0 Å². The standard InChI is InChI=1S/C29H27N2O.C12H10N.Ir/c1-18-8-6-9-19(2)26(18)24-13-12-22-21-10-7-11-23(27(21)32-28(22)31-24)25-16-20(14-15-30-25)17-29(3,4)5;1-10-7-8-12(13-9-10)11-5-3-2-4-6-11;/h6-10,12-16H,17H2,1-5H3;2-5,7-9H,1H3;/q2*-1;/i17D2;;. The third-order valence-electron chi connectivity index (χ3n) is 7.47. The third-order valence-corrected chi connectivity index (χ3v) is 7.47. The second-order valence-corrected chi connectivity index (χ2v) is 12.3. The minimum atomic E-state index is -1.52. The van der Waals surface area contributed by atoms with Crippen LogP contribution in [0, 0.1) is 38.3 Å². The molecule has 7 rings (SSSR count). The number of hydrogen-bond donors (Lipinski definition) is 0. The molecule has 0 atom stereocenters. The van der Waals surface area contributed by atoms with Crippen molar-refractivity contribution in [3.05, 3.63) is 138 Å². The van der Waals surface area contributed by atoms with Crippen LogP contribution in [0.1, 0.15) is 45.8 Å². The van der Waals surface area contributed by atoms with Crippen molar-refractivity contribution in [3.63, 3.8) is 0 Å². The van der Waals surface area contributed by atoms with Crippen LogP contribution in [0.2, 0.25) is 0 Å². The third kappa shape index (κ3) is 7.33. The fourth-order valence-electron chi connectivity index (χ4n) is 5.43. The molecule has 0 saturated carbocycles. The molecule has 0 amide bonds. The predicted octanol–water partition coefficient (Wildman–Crippen LogP) is 10.6. The summed E-state index contributed by atoms with van der Waals surface area (Å²) < 4.78 is 23.6. The SMILES string of the molecule is Cc1ccc(-c2[c-]cccc2)nc1.[2H]C([2H])(c1ccnc(-c2[c-]ccc3c2oc2nc(-c4c(C)cccc4C)ccc23)c1)C(C)(C)C.[Ir]. The first-order valence-electron chi connectivity index (χ1n) is 16.1. The zero-order valence-corrected chi connectivity index (χ0v) is 29.3. The Bertz CT molecular complexity index is 2170. The van der Waals surface area contributed by atoms with Gasteiger partial charge in [0.2, 0.25) is 5.71 Å². The summed E-state index contributed by atoms with van der Waals surface area (Å²) in [6.07, 6.45) is 2.01. The first kappa shape index (κ1) is 30.2. The van der Waals surface area contributed by atoms with E-state index >= 15 is 0 Å². The normalized spacial score (nSPS) is 12.1. The van der Waals surface area contributed by atoms with Crippen LogP contribution in [0.3, 0.4) is 0 Å². The number of aryl methyl sites for hydroxylation is 3. The predicted molar refractivity (Wildman–Crippen MR) is 185 cm³/mol. The Kier molecular flexibility index (Phi) is 9.14. The molecule has 0 bridgehead atoms. The maximum atomic E-state index is 8.66. The summed E-state index contributed by atoms with van der Waals surface area (Å²) in [5.74, 6) is 0. The number of hydrogen-bond acceptors (Lipinski definition) is 4. The van der Waals surface area contributed by atoms with Crippen molar-refractivity contribution < 1.29 is 27.3 Å². The molecule has 46 heavy (non-hydrogen) atoms. The van der Waals surface area contributed by atoms with E-state index in [-0.39, 0.29) is 20.1 Å². The summed E-state index contributed by atoms with van der Waals surface area (Å²) in [6, 6.07) is 36.1. The molecule has 4 aromatic heterocycles. The molecule has 4 nitrogen and oxygen atoms in total. The van der Waals surface area contributed by atoms with Gasteiger partial charge in [-0.1, -0.05) is 73.7 Å². The van der Waals surface area contributed by atoms with E-state index in [4.69, 9.17) is 12.1 Å². The number of furan rings is 1. The van der Waals surface area contributed by atoms with E-state index in [1.54, 1.807) is 18.3 Å². The summed E-state index contributed by atoms with van der Waals surface area (Å²) in [6.45, 7) is 11.9. The van der Waals surface area contributed by atoms with Crippen molar-refractivity contribution >= 4 is 22.1 Å². The second kappa shape index (κ2) is 13.9.